The number of carbonyl (C=O) groups excluding carboxylic acids is 2. The zero-order chi connectivity index (χ0) is 23.5. The lowest BCUT2D eigenvalue weighted by Crippen LogP contribution is -2.62. The molecule has 4 aliphatic carbocycles. The number of anilines is 1. The maximum atomic E-state index is 13.1. The van der Waals surface area contributed by atoms with Crippen molar-refractivity contribution in [3.63, 3.8) is 0 Å². The van der Waals surface area contributed by atoms with Crippen LogP contribution in [0.25, 0.3) is 0 Å². The Balaban J connectivity index is 1.28. The first-order valence-corrected chi connectivity index (χ1v) is 13.7. The largest absolute Gasteiger partial charge is 0.369 e. The first-order valence-electron chi connectivity index (χ1n) is 11.4. The average molecular weight is 517 g/mol. The van der Waals surface area contributed by atoms with Crippen molar-refractivity contribution in [2.75, 3.05) is 23.9 Å². The summed E-state index contributed by atoms with van der Waals surface area (Å²) in [6.45, 7) is 0.604. The minimum absolute atomic E-state index is 0.00205. The van der Waals surface area contributed by atoms with Crippen LogP contribution in [0.5, 0.6) is 0 Å². The molecule has 0 aromatic heterocycles. The van der Waals surface area contributed by atoms with Crippen molar-refractivity contribution >= 4 is 51.7 Å². The molecule has 5 aliphatic rings. The Morgan fingerprint density at radius 2 is 1.76 bits per heavy atom. The van der Waals surface area contributed by atoms with Gasteiger partial charge in [0.15, 0.2) is 0 Å². The summed E-state index contributed by atoms with van der Waals surface area (Å²) in [5.41, 5.74) is 5.72. The molecule has 1 aliphatic heterocycles. The number of primary amides is 1. The Kier molecular flexibility index (Phi) is 6.03. The van der Waals surface area contributed by atoms with Crippen molar-refractivity contribution in [2.45, 2.75) is 44.6 Å². The second-order valence-electron chi connectivity index (χ2n) is 10.1. The van der Waals surface area contributed by atoms with Crippen molar-refractivity contribution in [1.29, 1.82) is 0 Å². The van der Waals surface area contributed by atoms with Gasteiger partial charge in [-0.1, -0.05) is 29.3 Å². The van der Waals surface area contributed by atoms with Gasteiger partial charge in [0.1, 0.15) is 0 Å². The summed E-state index contributed by atoms with van der Waals surface area (Å²) in [4.78, 5) is 25.2. The molecule has 0 spiro atoms. The third-order valence-electron chi connectivity index (χ3n) is 8.04. The fraction of sp³-hybridized carbons (Fsp3) is 0.636. The fourth-order valence-electron chi connectivity index (χ4n) is 6.86. The first kappa shape index (κ1) is 23.5. The van der Waals surface area contributed by atoms with Crippen molar-refractivity contribution in [3.8, 4) is 0 Å². The Hall–Kier alpha value is -1.23. The Labute approximate surface area is 205 Å². The fourth-order valence-corrected chi connectivity index (χ4v) is 9.32. The van der Waals surface area contributed by atoms with Gasteiger partial charge in [-0.05, 0) is 79.4 Å². The predicted molar refractivity (Wildman–Crippen MR) is 130 cm³/mol. The molecule has 1 aromatic rings. The van der Waals surface area contributed by atoms with Gasteiger partial charge in [0, 0.05) is 24.5 Å². The number of rotatable bonds is 5. The van der Waals surface area contributed by atoms with Gasteiger partial charge in [-0.2, -0.15) is 4.31 Å². The van der Waals surface area contributed by atoms with Crippen LogP contribution in [0.15, 0.2) is 18.2 Å². The van der Waals surface area contributed by atoms with Crippen molar-refractivity contribution in [2.24, 2.45) is 28.9 Å². The molecule has 1 saturated heterocycles. The quantitative estimate of drug-likeness (QED) is 0.471. The summed E-state index contributed by atoms with van der Waals surface area (Å²) in [6, 6.07) is 4.99. The Morgan fingerprint density at radius 1 is 1.12 bits per heavy atom. The number of nitrogens with one attached hydrogen (secondary N) is 1. The Morgan fingerprint density at radius 3 is 2.36 bits per heavy atom. The minimum atomic E-state index is -3.46. The highest BCUT2D eigenvalue weighted by atomic mass is 35.5. The highest BCUT2D eigenvalue weighted by Gasteiger charge is 2.58. The highest BCUT2D eigenvalue weighted by molar-refractivity contribution is 8.23. The molecule has 1 aromatic carbocycles. The second-order valence-corrected chi connectivity index (χ2v) is 12.8. The monoisotopic (exact) mass is 516 g/mol. The SMILES string of the molecule is NC(=O)C12CC3CC(C1)C(NC(=O)CN1CCCN(c4c(Cl)cccc4Cl)S1(O)O)C(C3)C2. The van der Waals surface area contributed by atoms with Gasteiger partial charge >= 0.3 is 0 Å². The van der Waals surface area contributed by atoms with Crippen molar-refractivity contribution < 1.29 is 18.7 Å². The number of carbonyl (C=O) groups is 2. The van der Waals surface area contributed by atoms with E-state index in [4.69, 9.17) is 28.9 Å². The molecule has 8 nitrogen and oxygen atoms in total. The van der Waals surface area contributed by atoms with Crippen LogP contribution in [-0.2, 0) is 9.59 Å². The summed E-state index contributed by atoms with van der Waals surface area (Å²) < 4.78 is 25.0. The van der Waals surface area contributed by atoms with E-state index in [1.807, 2.05) is 0 Å². The van der Waals surface area contributed by atoms with Crippen molar-refractivity contribution in [3.05, 3.63) is 28.2 Å². The van der Waals surface area contributed by atoms with Gasteiger partial charge in [-0.15, -0.1) is 0 Å². The van der Waals surface area contributed by atoms with Gasteiger partial charge in [0.25, 0.3) is 0 Å². The number of nitrogens with zero attached hydrogens (tertiary/aromatic N) is 2. The van der Waals surface area contributed by atoms with Crippen LogP contribution in [0, 0.1) is 23.2 Å². The molecule has 2 amide bonds. The van der Waals surface area contributed by atoms with Crippen LogP contribution in [0.1, 0.15) is 38.5 Å². The summed E-state index contributed by atoms with van der Waals surface area (Å²) in [6.07, 6.45) is 4.99. The van der Waals surface area contributed by atoms with E-state index in [9.17, 15) is 18.7 Å². The summed E-state index contributed by atoms with van der Waals surface area (Å²) in [5, 5.41) is 3.82. The molecular formula is C22H30Cl2N4O4S. The normalized spacial score (nSPS) is 35.9. The molecule has 182 valence electrons. The third-order valence-corrected chi connectivity index (χ3v) is 10.6. The first-order chi connectivity index (χ1) is 15.6. The van der Waals surface area contributed by atoms with Crippen LogP contribution in [0.2, 0.25) is 10.0 Å². The van der Waals surface area contributed by atoms with Gasteiger partial charge in [-0.25, -0.2) is 0 Å². The van der Waals surface area contributed by atoms with Crippen LogP contribution in [-0.4, -0.2) is 50.9 Å². The molecule has 5 fully saturated rings. The maximum absolute atomic E-state index is 13.1. The second kappa shape index (κ2) is 8.46. The number of benzene rings is 1. The van der Waals surface area contributed by atoms with Crippen LogP contribution in [0.4, 0.5) is 5.69 Å². The smallest absolute Gasteiger partial charge is 0.236 e. The molecule has 6 rings (SSSR count). The van der Waals surface area contributed by atoms with E-state index in [-0.39, 0.29) is 36.2 Å². The standard InChI is InChI=1S/C22H30Cl2N4O4S/c23-16-3-1-4-17(24)20(16)28-6-2-5-27(33(28,31)32)12-18(29)26-19-14-7-13-8-15(19)11-22(9-13,10-14)21(25)30/h1,3-4,13-15,19,31-32H,2,5-12H2,(H2,25,30)(H,26,29). The van der Waals surface area contributed by atoms with Crippen LogP contribution < -0.4 is 15.4 Å². The average Bonchev–Trinajstić information content (AvgIpc) is 2.72. The lowest BCUT2D eigenvalue weighted by Gasteiger charge is -2.59. The lowest BCUT2D eigenvalue weighted by atomic mass is 9.47. The van der Waals surface area contributed by atoms with Gasteiger partial charge in [0.05, 0.1) is 22.3 Å². The minimum Gasteiger partial charge on any atom is -0.369 e. The number of halogens is 2. The molecule has 4 bridgehead atoms. The molecular weight excluding hydrogens is 487 g/mol. The molecule has 11 heteroatoms. The van der Waals surface area contributed by atoms with Crippen molar-refractivity contribution in [1.82, 2.24) is 9.62 Å². The molecule has 2 unspecified atom stereocenters. The van der Waals surface area contributed by atoms with E-state index in [0.717, 1.165) is 32.1 Å². The van der Waals surface area contributed by atoms with Crippen LogP contribution in [0.3, 0.4) is 0 Å². The number of hydrogen-bond acceptors (Lipinski definition) is 6. The summed E-state index contributed by atoms with van der Waals surface area (Å²) >= 11 is 12.6. The zero-order valence-electron chi connectivity index (χ0n) is 18.3. The molecule has 33 heavy (non-hydrogen) atoms. The molecule has 1 heterocycles. The molecule has 2 atom stereocenters. The predicted octanol–water partition coefficient (Wildman–Crippen LogP) is 3.88. The van der Waals surface area contributed by atoms with E-state index in [1.54, 1.807) is 18.2 Å². The lowest BCUT2D eigenvalue weighted by molar-refractivity contribution is -0.147. The molecule has 5 N–H and O–H groups in total. The van der Waals surface area contributed by atoms with Gasteiger partial charge in [-0.3, -0.25) is 23.0 Å². The van der Waals surface area contributed by atoms with Crippen LogP contribution >= 0.6 is 34.2 Å². The zero-order valence-corrected chi connectivity index (χ0v) is 20.6. The number of para-hydroxylation sites is 1. The Bertz CT molecular complexity index is 943. The van der Waals surface area contributed by atoms with E-state index in [2.05, 4.69) is 5.32 Å². The van der Waals surface area contributed by atoms with E-state index in [0.29, 0.717) is 41.2 Å². The van der Waals surface area contributed by atoms with E-state index in [1.165, 1.54) is 8.61 Å². The van der Waals surface area contributed by atoms with Gasteiger partial charge < -0.3 is 11.1 Å². The third kappa shape index (κ3) is 4.00. The number of nitrogens with two attached hydrogens (primary N) is 1. The summed E-state index contributed by atoms with van der Waals surface area (Å²) in [5.74, 6) is 0.548. The highest BCUT2D eigenvalue weighted by Crippen LogP contribution is 2.60. The molecule has 0 radical (unpaired) electrons. The number of amides is 2. The molecule has 4 saturated carbocycles. The maximum Gasteiger partial charge on any atom is 0.236 e. The van der Waals surface area contributed by atoms with E-state index >= 15 is 0 Å². The summed E-state index contributed by atoms with van der Waals surface area (Å²) in [7, 11) is -3.46. The van der Waals surface area contributed by atoms with E-state index < -0.39 is 16.4 Å². The topological polar surface area (TPSA) is 119 Å². The van der Waals surface area contributed by atoms with Gasteiger partial charge in [0.2, 0.25) is 11.8 Å². The number of hydrogen-bond donors (Lipinski definition) is 4.